The van der Waals surface area contributed by atoms with Crippen molar-refractivity contribution in [3.05, 3.63) is 0 Å². The van der Waals surface area contributed by atoms with E-state index in [4.69, 9.17) is 9.47 Å². The van der Waals surface area contributed by atoms with Crippen molar-refractivity contribution in [3.8, 4) is 0 Å². The smallest absolute Gasteiger partial charge is 0.408 e. The number of nitrogens with one attached hydrogen (secondary N) is 1. The third kappa shape index (κ3) is 9.30. The quantitative estimate of drug-likeness (QED) is 0.579. The number of esters is 1. The molecule has 0 aliphatic carbocycles. The molecule has 0 aromatic heterocycles. The van der Waals surface area contributed by atoms with E-state index in [1.54, 1.807) is 20.8 Å². The molecule has 0 radical (unpaired) electrons. The fourth-order valence-electron chi connectivity index (χ4n) is 0.840. The number of rotatable bonds is 5. The predicted octanol–water partition coefficient (Wildman–Crippen LogP) is 1.85. The van der Waals surface area contributed by atoms with Gasteiger partial charge in [-0.15, -0.1) is 0 Å². The van der Waals surface area contributed by atoms with E-state index in [0.717, 1.165) is 12.8 Å². The molecule has 1 N–H and O–H groups in total. The molecule has 0 fully saturated rings. The number of ether oxygens (including phenoxy) is 2. The van der Waals surface area contributed by atoms with E-state index in [1.807, 2.05) is 6.92 Å². The summed E-state index contributed by atoms with van der Waals surface area (Å²) in [7, 11) is 0. The molecule has 0 saturated heterocycles. The first-order valence-corrected chi connectivity index (χ1v) is 5.47. The zero-order valence-electron chi connectivity index (χ0n) is 10.5. The van der Waals surface area contributed by atoms with Crippen LogP contribution in [0, 0.1) is 0 Å². The Kier molecular flexibility index (Phi) is 6.53. The standard InChI is InChI=1S/C11H21NO4/c1-5-6-7-15-9(13)8-12-10(14)16-11(2,3)4/h5-8H2,1-4H3,(H,12,14). The molecule has 0 heterocycles. The lowest BCUT2D eigenvalue weighted by Gasteiger charge is -2.19. The van der Waals surface area contributed by atoms with Crippen LogP contribution in [0.4, 0.5) is 4.79 Å². The second kappa shape index (κ2) is 7.09. The van der Waals surface area contributed by atoms with Crippen LogP contribution >= 0.6 is 0 Å². The highest BCUT2D eigenvalue weighted by molar-refractivity contribution is 5.77. The first-order chi connectivity index (χ1) is 7.35. The van der Waals surface area contributed by atoms with Gasteiger partial charge in [0.25, 0.3) is 0 Å². The summed E-state index contributed by atoms with van der Waals surface area (Å²) in [5.74, 6) is -0.445. The summed E-state index contributed by atoms with van der Waals surface area (Å²) in [5.41, 5.74) is -0.559. The van der Waals surface area contributed by atoms with E-state index in [1.165, 1.54) is 0 Å². The van der Waals surface area contributed by atoms with Gasteiger partial charge in [0.1, 0.15) is 12.1 Å². The summed E-state index contributed by atoms with van der Waals surface area (Å²) in [6.45, 7) is 7.52. The Morgan fingerprint density at radius 2 is 1.88 bits per heavy atom. The number of unbranched alkanes of at least 4 members (excludes halogenated alkanes) is 1. The van der Waals surface area contributed by atoms with E-state index >= 15 is 0 Å². The molecule has 1 amide bonds. The average molecular weight is 231 g/mol. The van der Waals surface area contributed by atoms with Crippen molar-refractivity contribution >= 4 is 12.1 Å². The summed E-state index contributed by atoms with van der Waals surface area (Å²) < 4.78 is 9.81. The van der Waals surface area contributed by atoms with Crippen LogP contribution in [0.15, 0.2) is 0 Å². The Balaban J connectivity index is 3.63. The molecule has 0 atom stereocenters. The van der Waals surface area contributed by atoms with Crippen LogP contribution in [-0.2, 0) is 14.3 Å². The molecule has 0 aromatic rings. The number of carbonyl (C=O) groups excluding carboxylic acids is 2. The highest BCUT2D eigenvalue weighted by Gasteiger charge is 2.16. The third-order valence-electron chi connectivity index (χ3n) is 1.54. The minimum atomic E-state index is -0.611. The van der Waals surface area contributed by atoms with Crippen molar-refractivity contribution in [3.63, 3.8) is 0 Å². The van der Waals surface area contributed by atoms with Gasteiger partial charge in [-0.25, -0.2) is 4.79 Å². The Morgan fingerprint density at radius 1 is 1.25 bits per heavy atom. The largest absolute Gasteiger partial charge is 0.464 e. The molecule has 0 aromatic carbocycles. The van der Waals surface area contributed by atoms with E-state index < -0.39 is 17.7 Å². The van der Waals surface area contributed by atoms with E-state index in [0.29, 0.717) is 6.61 Å². The highest BCUT2D eigenvalue weighted by atomic mass is 16.6. The number of hydrogen-bond donors (Lipinski definition) is 1. The lowest BCUT2D eigenvalue weighted by atomic mass is 10.2. The maximum absolute atomic E-state index is 11.2. The molecule has 0 spiro atoms. The molecular formula is C11H21NO4. The van der Waals surface area contributed by atoms with Crippen molar-refractivity contribution < 1.29 is 19.1 Å². The predicted molar refractivity (Wildman–Crippen MR) is 60.1 cm³/mol. The Bertz CT molecular complexity index is 233. The molecule has 94 valence electrons. The monoisotopic (exact) mass is 231 g/mol. The molecule has 0 saturated carbocycles. The highest BCUT2D eigenvalue weighted by Crippen LogP contribution is 2.06. The third-order valence-corrected chi connectivity index (χ3v) is 1.54. The summed E-state index contributed by atoms with van der Waals surface area (Å²) in [4.78, 5) is 22.2. The first-order valence-electron chi connectivity index (χ1n) is 5.47. The van der Waals surface area contributed by atoms with Crippen molar-refractivity contribution in [2.45, 2.75) is 46.1 Å². The van der Waals surface area contributed by atoms with Crippen LogP contribution in [0.3, 0.4) is 0 Å². The van der Waals surface area contributed by atoms with Gasteiger partial charge >= 0.3 is 12.1 Å². The molecule has 0 aliphatic heterocycles. The number of alkyl carbamates (subject to hydrolysis) is 1. The normalized spacial score (nSPS) is 10.8. The van der Waals surface area contributed by atoms with Gasteiger partial charge in [-0.2, -0.15) is 0 Å². The topological polar surface area (TPSA) is 64.6 Å². The van der Waals surface area contributed by atoms with Gasteiger partial charge in [0.15, 0.2) is 0 Å². The Hall–Kier alpha value is -1.26. The SMILES string of the molecule is CCCCOC(=O)CNC(=O)OC(C)(C)C. The molecule has 5 nitrogen and oxygen atoms in total. The molecule has 0 unspecified atom stereocenters. The van der Waals surface area contributed by atoms with Crippen LogP contribution in [-0.4, -0.2) is 30.8 Å². The fraction of sp³-hybridized carbons (Fsp3) is 0.818. The Labute approximate surface area is 96.5 Å². The minimum absolute atomic E-state index is 0.154. The van der Waals surface area contributed by atoms with Gasteiger partial charge in [0.2, 0.25) is 0 Å². The lowest BCUT2D eigenvalue weighted by Crippen LogP contribution is -2.36. The number of carbonyl (C=O) groups is 2. The maximum atomic E-state index is 11.2. The van der Waals surface area contributed by atoms with E-state index in [2.05, 4.69) is 5.32 Å². The summed E-state index contributed by atoms with van der Waals surface area (Å²) >= 11 is 0. The van der Waals surface area contributed by atoms with Crippen molar-refractivity contribution in [2.24, 2.45) is 0 Å². The molecule has 0 rings (SSSR count). The van der Waals surface area contributed by atoms with Crippen LogP contribution in [0.5, 0.6) is 0 Å². The van der Waals surface area contributed by atoms with Gasteiger partial charge in [0.05, 0.1) is 6.61 Å². The summed E-state index contributed by atoms with van der Waals surface area (Å²) in [6, 6.07) is 0. The number of hydrogen-bond acceptors (Lipinski definition) is 4. The minimum Gasteiger partial charge on any atom is -0.464 e. The van der Waals surface area contributed by atoms with Crippen molar-refractivity contribution in [1.82, 2.24) is 5.32 Å². The number of amides is 1. The van der Waals surface area contributed by atoms with Gasteiger partial charge in [0, 0.05) is 0 Å². The maximum Gasteiger partial charge on any atom is 0.408 e. The summed E-state index contributed by atoms with van der Waals surface area (Å²) in [6.07, 6.45) is 1.19. The first kappa shape index (κ1) is 14.7. The molecule has 0 aliphatic rings. The van der Waals surface area contributed by atoms with Crippen LogP contribution < -0.4 is 5.32 Å². The van der Waals surface area contributed by atoms with Gasteiger partial charge < -0.3 is 14.8 Å². The zero-order valence-corrected chi connectivity index (χ0v) is 10.5. The van der Waals surface area contributed by atoms with Crippen LogP contribution in [0.1, 0.15) is 40.5 Å². The van der Waals surface area contributed by atoms with Gasteiger partial charge in [-0.3, -0.25) is 4.79 Å². The second-order valence-corrected chi connectivity index (χ2v) is 4.43. The molecular weight excluding hydrogens is 210 g/mol. The van der Waals surface area contributed by atoms with Crippen LogP contribution in [0.25, 0.3) is 0 Å². The van der Waals surface area contributed by atoms with Crippen molar-refractivity contribution in [2.75, 3.05) is 13.2 Å². The molecule has 5 heteroatoms. The van der Waals surface area contributed by atoms with E-state index in [9.17, 15) is 9.59 Å². The summed E-state index contributed by atoms with van der Waals surface area (Å²) in [5, 5.41) is 2.33. The Morgan fingerprint density at radius 3 is 2.38 bits per heavy atom. The molecule has 16 heavy (non-hydrogen) atoms. The van der Waals surface area contributed by atoms with Gasteiger partial charge in [-0.05, 0) is 27.2 Å². The second-order valence-electron chi connectivity index (χ2n) is 4.43. The zero-order chi connectivity index (χ0) is 12.6. The van der Waals surface area contributed by atoms with Crippen LogP contribution in [0.2, 0.25) is 0 Å². The average Bonchev–Trinajstić information content (AvgIpc) is 2.12. The molecule has 0 bridgehead atoms. The lowest BCUT2D eigenvalue weighted by molar-refractivity contribution is -0.142. The van der Waals surface area contributed by atoms with E-state index in [-0.39, 0.29) is 6.54 Å². The van der Waals surface area contributed by atoms with Gasteiger partial charge in [-0.1, -0.05) is 13.3 Å². The van der Waals surface area contributed by atoms with Crippen molar-refractivity contribution in [1.29, 1.82) is 0 Å². The fourth-order valence-corrected chi connectivity index (χ4v) is 0.840.